The van der Waals surface area contributed by atoms with Gasteiger partial charge in [0.15, 0.2) is 0 Å². The summed E-state index contributed by atoms with van der Waals surface area (Å²) in [4.78, 5) is 2.49. The van der Waals surface area contributed by atoms with Crippen molar-refractivity contribution >= 4 is 27.8 Å². The van der Waals surface area contributed by atoms with E-state index in [9.17, 15) is 0 Å². The molecule has 0 N–H and O–H groups in total. The fourth-order valence-corrected chi connectivity index (χ4v) is 10.1. The highest BCUT2D eigenvalue weighted by Gasteiger charge is 2.25. The highest BCUT2D eigenvalue weighted by atomic mass is 15.1. The van der Waals surface area contributed by atoms with Crippen LogP contribution in [0.25, 0.3) is 77.5 Å². The minimum atomic E-state index is -0.0116. The van der Waals surface area contributed by atoms with Crippen LogP contribution in [0.3, 0.4) is 0 Å². The van der Waals surface area contributed by atoms with Crippen molar-refractivity contribution in [3.05, 3.63) is 247 Å². The lowest BCUT2D eigenvalue weighted by molar-refractivity contribution is 0.569. The summed E-state index contributed by atoms with van der Waals surface area (Å²) >= 11 is 0. The molecular formula is C70H65N. The first-order valence-electron chi connectivity index (χ1n) is 25.2. The van der Waals surface area contributed by atoms with Gasteiger partial charge >= 0.3 is 0 Å². The van der Waals surface area contributed by atoms with E-state index < -0.39 is 0 Å². The van der Waals surface area contributed by atoms with Crippen LogP contribution in [0.1, 0.15) is 79.0 Å². The van der Waals surface area contributed by atoms with Crippen LogP contribution in [0.4, 0.5) is 17.1 Å². The molecule has 0 fully saturated rings. The summed E-state index contributed by atoms with van der Waals surface area (Å²) in [6, 6.07) is 85.6. The van der Waals surface area contributed by atoms with Gasteiger partial charge < -0.3 is 4.90 Å². The number of hydrogen-bond acceptors (Lipinski definition) is 1. The number of para-hydroxylation sites is 2. The van der Waals surface area contributed by atoms with E-state index in [1.807, 2.05) is 0 Å². The SMILES string of the molecule is CC(C)(C)c1ccc(-c2ccccc2N(c2ccc(-c3ccc(-c4ccccc4)c(-c4ccccc4)c3)cc2)c2ccccc2-c2cccc3cccc(-c4cc(C(C)(C)C)cc(C(C)(C)C)c4)c23)cc1. The van der Waals surface area contributed by atoms with Crippen molar-refractivity contribution in [2.24, 2.45) is 0 Å². The van der Waals surface area contributed by atoms with Crippen LogP contribution in [0.2, 0.25) is 0 Å². The van der Waals surface area contributed by atoms with Gasteiger partial charge in [-0.05, 0) is 130 Å². The average molecular weight is 920 g/mol. The molecule has 0 aromatic heterocycles. The Bertz CT molecular complexity index is 3450. The van der Waals surface area contributed by atoms with Gasteiger partial charge in [0, 0.05) is 16.8 Å². The lowest BCUT2D eigenvalue weighted by Crippen LogP contribution is -2.16. The minimum absolute atomic E-state index is 0.0116. The molecule has 0 atom stereocenters. The monoisotopic (exact) mass is 920 g/mol. The molecule has 0 aliphatic heterocycles. The molecule has 0 amide bonds. The molecule has 0 aliphatic carbocycles. The van der Waals surface area contributed by atoms with Crippen molar-refractivity contribution in [3.8, 4) is 66.8 Å². The van der Waals surface area contributed by atoms with E-state index in [-0.39, 0.29) is 16.2 Å². The molecule has 0 saturated heterocycles. The van der Waals surface area contributed by atoms with Crippen molar-refractivity contribution in [2.45, 2.75) is 78.6 Å². The zero-order valence-corrected chi connectivity index (χ0v) is 42.9. The van der Waals surface area contributed by atoms with Crippen LogP contribution in [-0.2, 0) is 16.2 Å². The second kappa shape index (κ2) is 18.9. The van der Waals surface area contributed by atoms with Crippen molar-refractivity contribution in [1.29, 1.82) is 0 Å². The van der Waals surface area contributed by atoms with E-state index in [0.29, 0.717) is 0 Å². The van der Waals surface area contributed by atoms with Crippen molar-refractivity contribution in [2.75, 3.05) is 4.90 Å². The average Bonchev–Trinajstić information content (AvgIpc) is 3.38. The predicted octanol–water partition coefficient (Wildman–Crippen LogP) is 20.2. The fraction of sp³-hybridized carbons (Fsp3) is 0.171. The number of fused-ring (bicyclic) bond motifs is 1. The maximum Gasteiger partial charge on any atom is 0.0540 e. The van der Waals surface area contributed by atoms with E-state index in [1.54, 1.807) is 0 Å². The van der Waals surface area contributed by atoms with Gasteiger partial charge in [-0.25, -0.2) is 0 Å². The molecule has 10 rings (SSSR count). The normalized spacial score (nSPS) is 12.0. The summed E-state index contributed by atoms with van der Waals surface area (Å²) in [5.74, 6) is 0. The minimum Gasteiger partial charge on any atom is -0.309 e. The van der Waals surface area contributed by atoms with E-state index in [4.69, 9.17) is 0 Å². The van der Waals surface area contributed by atoms with Gasteiger partial charge in [-0.1, -0.05) is 263 Å². The molecule has 0 heterocycles. The Morgan fingerprint density at radius 2 is 0.704 bits per heavy atom. The molecule has 10 aromatic rings. The Balaban J connectivity index is 1.17. The van der Waals surface area contributed by atoms with E-state index >= 15 is 0 Å². The zero-order valence-electron chi connectivity index (χ0n) is 42.9. The van der Waals surface area contributed by atoms with Crippen LogP contribution in [0, 0.1) is 0 Å². The van der Waals surface area contributed by atoms with E-state index in [1.165, 1.54) is 88.7 Å². The summed E-state index contributed by atoms with van der Waals surface area (Å²) in [6.07, 6.45) is 0. The Labute approximate surface area is 423 Å². The van der Waals surface area contributed by atoms with Gasteiger partial charge in [-0.3, -0.25) is 0 Å². The lowest BCUT2D eigenvalue weighted by atomic mass is 9.78. The Morgan fingerprint density at radius 1 is 0.254 bits per heavy atom. The first-order valence-corrected chi connectivity index (χ1v) is 25.2. The Morgan fingerprint density at radius 3 is 1.28 bits per heavy atom. The molecular weight excluding hydrogens is 855 g/mol. The van der Waals surface area contributed by atoms with Gasteiger partial charge in [0.2, 0.25) is 0 Å². The van der Waals surface area contributed by atoms with Gasteiger partial charge in [-0.2, -0.15) is 0 Å². The fourth-order valence-electron chi connectivity index (χ4n) is 10.1. The highest BCUT2D eigenvalue weighted by molar-refractivity contribution is 6.09. The third kappa shape index (κ3) is 9.63. The van der Waals surface area contributed by atoms with Gasteiger partial charge in [-0.15, -0.1) is 0 Å². The topological polar surface area (TPSA) is 3.24 Å². The van der Waals surface area contributed by atoms with Crippen LogP contribution >= 0.6 is 0 Å². The maximum absolute atomic E-state index is 2.49. The number of rotatable bonds is 9. The van der Waals surface area contributed by atoms with Crippen LogP contribution in [0.15, 0.2) is 231 Å². The Kier molecular flexibility index (Phi) is 12.5. The van der Waals surface area contributed by atoms with E-state index in [0.717, 1.165) is 22.6 Å². The first kappa shape index (κ1) is 47.0. The summed E-state index contributed by atoms with van der Waals surface area (Å²) < 4.78 is 0. The molecule has 1 nitrogen and oxygen atoms in total. The second-order valence-electron chi connectivity index (χ2n) is 22.2. The standard InChI is InChI=1S/C70H65N/c1-68(2,3)55-39-34-51(35-40-55)60-28-16-18-32-65(60)71(58-41-36-48(37-42-58)53-38-43-59(49-22-12-10-13-23-49)64(46-53)50-24-14-11-15-25-50)66-33-19-17-29-62(66)63-31-21-27-52-26-20-30-61(67(52)63)54-44-56(69(4,5)6)47-57(45-54)70(7,8)9/h10-47H,1-9H3. The predicted molar refractivity (Wildman–Crippen MR) is 307 cm³/mol. The van der Waals surface area contributed by atoms with Crippen molar-refractivity contribution in [1.82, 2.24) is 0 Å². The molecule has 0 bridgehead atoms. The summed E-state index contributed by atoms with van der Waals surface area (Å²) in [6.45, 7) is 20.8. The van der Waals surface area contributed by atoms with Gasteiger partial charge in [0.25, 0.3) is 0 Å². The number of nitrogens with zero attached hydrogens (tertiary/aromatic N) is 1. The van der Waals surface area contributed by atoms with Crippen molar-refractivity contribution in [3.63, 3.8) is 0 Å². The maximum atomic E-state index is 2.49. The summed E-state index contributed by atoms with van der Waals surface area (Å²) in [5.41, 5.74) is 21.7. The molecule has 0 aliphatic rings. The molecule has 0 spiro atoms. The van der Waals surface area contributed by atoms with E-state index in [2.05, 4.69) is 298 Å². The van der Waals surface area contributed by atoms with Crippen LogP contribution in [0.5, 0.6) is 0 Å². The number of hydrogen-bond donors (Lipinski definition) is 0. The molecule has 0 radical (unpaired) electrons. The quantitative estimate of drug-likeness (QED) is 0.139. The smallest absolute Gasteiger partial charge is 0.0540 e. The molecule has 10 aromatic carbocycles. The van der Waals surface area contributed by atoms with Gasteiger partial charge in [0.1, 0.15) is 0 Å². The molecule has 0 unspecified atom stereocenters. The number of anilines is 3. The van der Waals surface area contributed by atoms with Gasteiger partial charge in [0.05, 0.1) is 11.4 Å². The Hall–Kier alpha value is -7.74. The largest absolute Gasteiger partial charge is 0.309 e. The zero-order chi connectivity index (χ0) is 49.5. The summed E-state index contributed by atoms with van der Waals surface area (Å²) in [7, 11) is 0. The number of benzene rings is 10. The highest BCUT2D eigenvalue weighted by Crippen LogP contribution is 2.48. The van der Waals surface area contributed by atoms with Crippen LogP contribution < -0.4 is 4.90 Å². The third-order valence-corrected chi connectivity index (χ3v) is 14.2. The molecule has 0 saturated carbocycles. The molecule has 1 heteroatoms. The molecule has 71 heavy (non-hydrogen) atoms. The lowest BCUT2D eigenvalue weighted by Gasteiger charge is -2.30. The molecule has 350 valence electrons. The van der Waals surface area contributed by atoms with Crippen LogP contribution in [-0.4, -0.2) is 0 Å². The first-order chi connectivity index (χ1) is 34.1. The third-order valence-electron chi connectivity index (χ3n) is 14.2. The second-order valence-corrected chi connectivity index (χ2v) is 22.2. The van der Waals surface area contributed by atoms with Crippen molar-refractivity contribution < 1.29 is 0 Å². The summed E-state index contributed by atoms with van der Waals surface area (Å²) in [5, 5.41) is 2.47.